The van der Waals surface area contributed by atoms with E-state index in [1.165, 1.54) is 0 Å². The minimum Gasteiger partial charge on any atom is -0.333 e. The lowest BCUT2D eigenvalue weighted by molar-refractivity contribution is 0.240. The average molecular weight is 516 g/mol. The van der Waals surface area contributed by atoms with E-state index in [0.717, 1.165) is 59.3 Å². The molecule has 0 saturated heterocycles. The van der Waals surface area contributed by atoms with Gasteiger partial charge in [-0.2, -0.15) is 5.26 Å². The molecule has 0 atom stereocenters. The molecule has 180 valence electrons. The Morgan fingerprint density at radius 3 is 2.75 bits per heavy atom. The molecule has 0 radical (unpaired) electrons. The van der Waals surface area contributed by atoms with Gasteiger partial charge in [-0.3, -0.25) is 9.47 Å². The summed E-state index contributed by atoms with van der Waals surface area (Å²) in [6.45, 7) is 2.71. The Balaban J connectivity index is 1.35. The molecule has 4 aromatic rings. The van der Waals surface area contributed by atoms with Crippen molar-refractivity contribution in [3.8, 4) is 6.07 Å². The Hall–Kier alpha value is -3.63. The third-order valence-electron chi connectivity index (χ3n) is 6.34. The van der Waals surface area contributed by atoms with E-state index in [2.05, 4.69) is 33.4 Å². The van der Waals surface area contributed by atoms with Gasteiger partial charge in [-0.05, 0) is 53.1 Å². The van der Waals surface area contributed by atoms with Gasteiger partial charge in [-0.25, -0.2) is 9.78 Å². The van der Waals surface area contributed by atoms with Crippen molar-refractivity contribution in [2.75, 3.05) is 13.1 Å². The molecule has 0 unspecified atom stereocenters. The molecule has 6 nitrogen and oxygen atoms in total. The number of nitriles is 1. The van der Waals surface area contributed by atoms with Crippen LogP contribution in [0.3, 0.4) is 0 Å². The quantitative estimate of drug-likeness (QED) is 0.328. The summed E-state index contributed by atoms with van der Waals surface area (Å²) in [6.07, 6.45) is 6.58. The topological polar surface area (TPSA) is 74.0 Å². The lowest BCUT2D eigenvalue weighted by Gasteiger charge is -2.27. The van der Waals surface area contributed by atoms with E-state index >= 15 is 0 Å². The predicted molar refractivity (Wildman–Crippen MR) is 143 cm³/mol. The van der Waals surface area contributed by atoms with E-state index in [-0.39, 0.29) is 6.03 Å². The minimum absolute atomic E-state index is 0.189. The molecule has 0 spiro atoms. The largest absolute Gasteiger partial charge is 0.333 e. The summed E-state index contributed by atoms with van der Waals surface area (Å²) in [5, 5.41) is 14.0. The van der Waals surface area contributed by atoms with Crippen molar-refractivity contribution in [2.24, 2.45) is 0 Å². The summed E-state index contributed by atoms with van der Waals surface area (Å²) in [4.78, 5) is 19.7. The first kappa shape index (κ1) is 24.1. The number of benzene rings is 2. The van der Waals surface area contributed by atoms with E-state index in [0.29, 0.717) is 22.3 Å². The summed E-state index contributed by atoms with van der Waals surface area (Å²) < 4.78 is 1.77. The number of amides is 1. The molecule has 2 aromatic heterocycles. The van der Waals surface area contributed by atoms with Crippen LogP contribution in [0.4, 0.5) is 4.79 Å². The van der Waals surface area contributed by atoms with Crippen LogP contribution in [0, 0.1) is 11.3 Å². The van der Waals surface area contributed by atoms with E-state index in [1.54, 1.807) is 16.8 Å². The SMILES string of the molecule is N#Cc1ccc(C=CCN2CCc3c(c4ccc(Cl)cc4n3C(=O)NCc3ccnc(Cl)c3)C2)cc1. The van der Waals surface area contributed by atoms with Crippen molar-refractivity contribution in [1.82, 2.24) is 19.8 Å². The maximum Gasteiger partial charge on any atom is 0.326 e. The van der Waals surface area contributed by atoms with E-state index < -0.39 is 0 Å². The fourth-order valence-electron chi connectivity index (χ4n) is 4.59. The average Bonchev–Trinajstić information content (AvgIpc) is 3.20. The van der Waals surface area contributed by atoms with Crippen LogP contribution in [0.25, 0.3) is 17.0 Å². The second kappa shape index (κ2) is 10.5. The molecule has 0 bridgehead atoms. The Bertz CT molecular complexity index is 1500. The molecule has 8 heteroatoms. The lowest BCUT2D eigenvalue weighted by atomic mass is 10.0. The van der Waals surface area contributed by atoms with Gasteiger partial charge in [0.15, 0.2) is 0 Å². The molecule has 1 aliphatic rings. The van der Waals surface area contributed by atoms with Crippen LogP contribution in [0.15, 0.2) is 66.9 Å². The van der Waals surface area contributed by atoms with E-state index in [9.17, 15) is 4.79 Å². The molecule has 1 N–H and O–H groups in total. The van der Waals surface area contributed by atoms with Crippen molar-refractivity contribution in [1.29, 1.82) is 5.26 Å². The number of pyridine rings is 1. The number of fused-ring (bicyclic) bond motifs is 3. The molecule has 0 aliphatic carbocycles. The van der Waals surface area contributed by atoms with Crippen molar-refractivity contribution < 1.29 is 4.79 Å². The molecule has 1 aliphatic heterocycles. The number of hydrogen-bond acceptors (Lipinski definition) is 4. The van der Waals surface area contributed by atoms with Gasteiger partial charge in [-0.15, -0.1) is 0 Å². The van der Waals surface area contributed by atoms with Crippen LogP contribution in [0.5, 0.6) is 0 Å². The summed E-state index contributed by atoms with van der Waals surface area (Å²) in [7, 11) is 0. The maximum atomic E-state index is 13.3. The Kier molecular flexibility index (Phi) is 7.06. The van der Waals surface area contributed by atoms with Crippen LogP contribution >= 0.6 is 23.2 Å². The van der Waals surface area contributed by atoms with Gasteiger partial charge < -0.3 is 5.32 Å². The van der Waals surface area contributed by atoms with E-state index in [4.69, 9.17) is 28.5 Å². The summed E-state index contributed by atoms with van der Waals surface area (Å²) in [5.74, 6) is 0. The lowest BCUT2D eigenvalue weighted by Crippen LogP contribution is -2.34. The van der Waals surface area contributed by atoms with Gasteiger partial charge in [0, 0.05) is 54.9 Å². The van der Waals surface area contributed by atoms with Crippen LogP contribution < -0.4 is 5.32 Å². The van der Waals surface area contributed by atoms with Crippen molar-refractivity contribution in [2.45, 2.75) is 19.5 Å². The molecule has 1 amide bonds. The molecule has 0 fully saturated rings. The zero-order valence-corrected chi connectivity index (χ0v) is 20.9. The highest BCUT2D eigenvalue weighted by Gasteiger charge is 2.26. The zero-order chi connectivity index (χ0) is 25.1. The van der Waals surface area contributed by atoms with Crippen LogP contribution in [-0.4, -0.2) is 33.6 Å². The Morgan fingerprint density at radius 2 is 1.97 bits per heavy atom. The van der Waals surface area contributed by atoms with Crippen LogP contribution in [-0.2, 0) is 19.5 Å². The van der Waals surface area contributed by atoms with Gasteiger partial charge >= 0.3 is 6.03 Å². The molecular formula is C28H23Cl2N5O. The van der Waals surface area contributed by atoms with Crippen LogP contribution in [0.1, 0.15) is 27.9 Å². The van der Waals surface area contributed by atoms with Gasteiger partial charge in [0.05, 0.1) is 17.1 Å². The van der Waals surface area contributed by atoms with E-state index in [1.807, 2.05) is 48.5 Å². The maximum absolute atomic E-state index is 13.3. The number of halogens is 2. The number of carbonyl (C=O) groups is 1. The first-order valence-electron chi connectivity index (χ1n) is 11.6. The fraction of sp³-hybridized carbons (Fsp3) is 0.179. The summed E-state index contributed by atoms with van der Waals surface area (Å²) in [5.41, 5.74) is 5.58. The zero-order valence-electron chi connectivity index (χ0n) is 19.4. The summed E-state index contributed by atoms with van der Waals surface area (Å²) >= 11 is 12.3. The number of aromatic nitrogens is 2. The smallest absolute Gasteiger partial charge is 0.326 e. The number of hydrogen-bond donors (Lipinski definition) is 1. The molecule has 0 saturated carbocycles. The van der Waals surface area contributed by atoms with Gasteiger partial charge in [0.1, 0.15) is 5.15 Å². The first-order chi connectivity index (χ1) is 17.5. The molecule has 5 rings (SSSR count). The van der Waals surface area contributed by atoms with Gasteiger partial charge in [-0.1, -0.05) is 53.6 Å². The Morgan fingerprint density at radius 1 is 1.14 bits per heavy atom. The highest BCUT2D eigenvalue weighted by Crippen LogP contribution is 2.32. The third-order valence-corrected chi connectivity index (χ3v) is 6.78. The molecular weight excluding hydrogens is 493 g/mol. The molecule has 36 heavy (non-hydrogen) atoms. The molecule has 3 heterocycles. The highest BCUT2D eigenvalue weighted by atomic mass is 35.5. The van der Waals surface area contributed by atoms with Crippen molar-refractivity contribution in [3.63, 3.8) is 0 Å². The Labute approximate surface area is 219 Å². The van der Waals surface area contributed by atoms with Gasteiger partial charge in [0.2, 0.25) is 0 Å². The first-order valence-corrected chi connectivity index (χ1v) is 12.4. The summed E-state index contributed by atoms with van der Waals surface area (Å²) in [6, 6.07) is 18.8. The fourth-order valence-corrected chi connectivity index (χ4v) is 4.95. The molecule has 2 aromatic carbocycles. The number of carbonyl (C=O) groups excluding carboxylic acids is 1. The highest BCUT2D eigenvalue weighted by molar-refractivity contribution is 6.31. The van der Waals surface area contributed by atoms with Crippen molar-refractivity contribution >= 4 is 46.2 Å². The number of rotatable bonds is 5. The number of nitrogens with zero attached hydrogens (tertiary/aromatic N) is 4. The standard InChI is InChI=1S/C28H23Cl2N5O/c29-22-7-8-23-24-18-34(12-1-2-19-3-5-20(16-31)6-4-19)13-10-25(24)35(26(23)15-22)28(36)33-17-21-9-11-32-27(30)14-21/h1-9,11,14-15H,10,12-13,17-18H2,(H,33,36). The van der Waals surface area contributed by atoms with Crippen molar-refractivity contribution in [3.05, 3.63) is 105 Å². The third kappa shape index (κ3) is 5.14. The monoisotopic (exact) mass is 515 g/mol. The number of nitrogens with one attached hydrogen (secondary N) is 1. The minimum atomic E-state index is -0.189. The second-order valence-electron chi connectivity index (χ2n) is 8.69. The normalized spacial score (nSPS) is 13.6. The van der Waals surface area contributed by atoms with Gasteiger partial charge in [0.25, 0.3) is 0 Å². The predicted octanol–water partition coefficient (Wildman–Crippen LogP) is 6.04. The van der Waals surface area contributed by atoms with Crippen LogP contribution in [0.2, 0.25) is 10.2 Å². The second-order valence-corrected chi connectivity index (χ2v) is 9.51.